The predicted molar refractivity (Wildman–Crippen MR) is 119 cm³/mol. The number of hydrogen-bond donors (Lipinski definition) is 1. The van der Waals surface area contributed by atoms with E-state index >= 15 is 0 Å². The third-order valence-electron chi connectivity index (χ3n) is 4.65. The molecule has 2 heterocycles. The van der Waals surface area contributed by atoms with Crippen molar-refractivity contribution in [2.75, 3.05) is 18.5 Å². The van der Waals surface area contributed by atoms with Crippen LogP contribution in [-0.4, -0.2) is 33.7 Å². The molecule has 0 fully saturated rings. The second kappa shape index (κ2) is 10.2. The molecule has 1 aromatic carbocycles. The van der Waals surface area contributed by atoms with E-state index in [4.69, 9.17) is 16.3 Å². The van der Waals surface area contributed by atoms with Crippen molar-refractivity contribution in [2.45, 2.75) is 39.7 Å². The molecule has 3 aromatic rings. The van der Waals surface area contributed by atoms with E-state index < -0.39 is 5.97 Å². The number of anilines is 1. The number of esters is 1. The molecule has 0 radical (unpaired) electrons. The van der Waals surface area contributed by atoms with Gasteiger partial charge in [0.1, 0.15) is 12.2 Å². The number of carbonyl (C=O) groups excluding carboxylic acids is 1. The fourth-order valence-corrected chi connectivity index (χ4v) is 3.43. The number of nitrogens with one attached hydrogen (secondary N) is 1. The number of rotatable bonds is 9. The van der Waals surface area contributed by atoms with Crippen molar-refractivity contribution in [1.29, 1.82) is 0 Å². The Labute approximate surface area is 180 Å². The monoisotopic (exact) mass is 428 g/mol. The third kappa shape index (κ3) is 4.97. The number of ether oxygens (including phenoxy) is 1. The van der Waals surface area contributed by atoms with Crippen LogP contribution in [0.2, 0.25) is 5.02 Å². The van der Waals surface area contributed by atoms with Gasteiger partial charge in [-0.05, 0) is 25.5 Å². The third-order valence-corrected chi connectivity index (χ3v) is 4.98. The summed E-state index contributed by atoms with van der Waals surface area (Å²) in [6.07, 6.45) is 2.93. The van der Waals surface area contributed by atoms with Gasteiger partial charge in [-0.15, -0.1) is 0 Å². The van der Waals surface area contributed by atoms with Gasteiger partial charge < -0.3 is 10.1 Å². The maximum atomic E-state index is 12.6. The molecule has 2 aromatic heterocycles. The zero-order valence-electron chi connectivity index (χ0n) is 17.2. The van der Waals surface area contributed by atoms with Gasteiger partial charge in [-0.2, -0.15) is 4.98 Å². The summed E-state index contributed by atoms with van der Waals surface area (Å²) in [5.41, 5.74) is 1.71. The quantitative estimate of drug-likeness (QED) is 0.404. The number of pyridine rings is 1. The molecular formula is C22H25ClN4O3. The van der Waals surface area contributed by atoms with Crippen molar-refractivity contribution in [2.24, 2.45) is 0 Å². The first kappa shape index (κ1) is 21.8. The van der Waals surface area contributed by atoms with Crippen molar-refractivity contribution in [3.63, 3.8) is 0 Å². The van der Waals surface area contributed by atoms with Gasteiger partial charge in [-0.3, -0.25) is 14.2 Å². The summed E-state index contributed by atoms with van der Waals surface area (Å²) in [6, 6.07) is 10.6. The average molecular weight is 429 g/mol. The Morgan fingerprint density at radius 2 is 1.93 bits per heavy atom. The summed E-state index contributed by atoms with van der Waals surface area (Å²) >= 11 is 6.43. The van der Waals surface area contributed by atoms with Crippen LogP contribution in [0.3, 0.4) is 0 Å². The maximum Gasteiger partial charge on any atom is 0.325 e. The van der Waals surface area contributed by atoms with Crippen LogP contribution in [0.4, 0.5) is 5.95 Å². The summed E-state index contributed by atoms with van der Waals surface area (Å²) in [5, 5.41) is 4.17. The first-order valence-corrected chi connectivity index (χ1v) is 10.5. The molecule has 158 valence electrons. The van der Waals surface area contributed by atoms with E-state index in [9.17, 15) is 9.59 Å². The van der Waals surface area contributed by atoms with Gasteiger partial charge >= 0.3 is 5.97 Å². The first-order valence-electron chi connectivity index (χ1n) is 10.1. The van der Waals surface area contributed by atoms with E-state index in [1.165, 1.54) is 6.07 Å². The van der Waals surface area contributed by atoms with Crippen molar-refractivity contribution in [1.82, 2.24) is 14.5 Å². The van der Waals surface area contributed by atoms with Gasteiger partial charge in [0, 0.05) is 28.6 Å². The summed E-state index contributed by atoms with van der Waals surface area (Å²) in [4.78, 5) is 33.5. The van der Waals surface area contributed by atoms with Crippen LogP contribution in [-0.2, 0) is 16.1 Å². The lowest BCUT2D eigenvalue weighted by atomic mass is 10.1. The van der Waals surface area contributed by atoms with Gasteiger partial charge in [0.15, 0.2) is 0 Å². The maximum absolute atomic E-state index is 12.6. The normalized spacial score (nSPS) is 10.9. The molecule has 3 rings (SSSR count). The van der Waals surface area contributed by atoms with Crippen LogP contribution in [0.15, 0.2) is 41.2 Å². The summed E-state index contributed by atoms with van der Waals surface area (Å²) in [6.45, 7) is 4.63. The lowest BCUT2D eigenvalue weighted by molar-refractivity contribution is -0.140. The Balaban J connectivity index is 2.14. The Morgan fingerprint density at radius 3 is 2.67 bits per heavy atom. The number of nitrogens with zero attached hydrogens (tertiary/aromatic N) is 3. The summed E-state index contributed by atoms with van der Waals surface area (Å²) in [7, 11) is 0. The van der Waals surface area contributed by atoms with Crippen LogP contribution in [0.25, 0.3) is 22.3 Å². The zero-order valence-corrected chi connectivity index (χ0v) is 17.9. The molecule has 30 heavy (non-hydrogen) atoms. The Kier molecular flexibility index (Phi) is 7.41. The highest BCUT2D eigenvalue weighted by molar-refractivity contribution is 6.33. The molecule has 0 saturated carbocycles. The standard InChI is InChI=1S/C22H25ClN4O3/c1-3-5-8-13-27-18(28)12-11-16-20(15-9-6-7-10-17(15)23)25-22(26-21(16)27)24-14-19(29)30-4-2/h6-7,9-12H,3-5,8,13-14H2,1-2H3,(H,24,25,26). The molecule has 0 aliphatic rings. The number of aryl methyl sites for hydroxylation is 1. The first-order chi connectivity index (χ1) is 14.5. The summed E-state index contributed by atoms with van der Waals surface area (Å²) < 4.78 is 6.62. The van der Waals surface area contributed by atoms with E-state index in [-0.39, 0.29) is 18.1 Å². The molecule has 0 aliphatic heterocycles. The second-order valence-electron chi connectivity index (χ2n) is 6.80. The minimum atomic E-state index is -0.408. The van der Waals surface area contributed by atoms with E-state index in [1.54, 1.807) is 23.6 Å². The average Bonchev–Trinajstić information content (AvgIpc) is 2.74. The SMILES string of the molecule is CCCCCn1c(=O)ccc2c(-c3ccccc3Cl)nc(NCC(=O)OCC)nc21. The lowest BCUT2D eigenvalue weighted by Crippen LogP contribution is -2.22. The number of aromatic nitrogens is 3. The van der Waals surface area contributed by atoms with Gasteiger partial charge in [-0.1, -0.05) is 49.6 Å². The fourth-order valence-electron chi connectivity index (χ4n) is 3.20. The molecule has 0 unspecified atom stereocenters. The Hall–Kier alpha value is -2.93. The largest absolute Gasteiger partial charge is 0.465 e. The summed E-state index contributed by atoms with van der Waals surface area (Å²) in [5.74, 6) is -0.172. The minimum Gasteiger partial charge on any atom is -0.465 e. The van der Waals surface area contributed by atoms with E-state index in [1.807, 2.05) is 18.2 Å². The number of fused-ring (bicyclic) bond motifs is 1. The predicted octanol–water partition coefficient (Wildman–Crippen LogP) is 4.28. The molecule has 7 nitrogen and oxygen atoms in total. The Bertz CT molecular complexity index is 1100. The van der Waals surface area contributed by atoms with Crippen molar-refractivity contribution in [3.8, 4) is 11.3 Å². The van der Waals surface area contributed by atoms with Crippen molar-refractivity contribution >= 4 is 34.6 Å². The van der Waals surface area contributed by atoms with Crippen LogP contribution >= 0.6 is 11.6 Å². The van der Waals surface area contributed by atoms with Crippen molar-refractivity contribution < 1.29 is 9.53 Å². The van der Waals surface area contributed by atoms with Crippen LogP contribution in [0.1, 0.15) is 33.1 Å². The molecule has 0 aliphatic carbocycles. The molecule has 0 atom stereocenters. The molecule has 0 saturated heterocycles. The Morgan fingerprint density at radius 1 is 1.13 bits per heavy atom. The number of benzene rings is 1. The van der Waals surface area contributed by atoms with Crippen molar-refractivity contribution in [3.05, 3.63) is 51.8 Å². The lowest BCUT2D eigenvalue weighted by Gasteiger charge is -2.14. The van der Waals surface area contributed by atoms with Gasteiger partial charge in [0.05, 0.1) is 12.3 Å². The number of unbranched alkanes of at least 4 members (excludes halogenated alkanes) is 2. The molecule has 1 N–H and O–H groups in total. The topological polar surface area (TPSA) is 86.1 Å². The fraction of sp³-hybridized carbons (Fsp3) is 0.364. The van der Waals surface area contributed by atoms with Gasteiger partial charge in [-0.25, -0.2) is 4.98 Å². The highest BCUT2D eigenvalue weighted by atomic mass is 35.5. The number of carbonyl (C=O) groups is 1. The van der Waals surface area contributed by atoms with Gasteiger partial charge in [0.25, 0.3) is 5.56 Å². The highest BCUT2D eigenvalue weighted by Gasteiger charge is 2.16. The van der Waals surface area contributed by atoms with Crippen LogP contribution in [0.5, 0.6) is 0 Å². The molecule has 0 bridgehead atoms. The van der Waals surface area contributed by atoms with Crippen LogP contribution in [0, 0.1) is 0 Å². The zero-order chi connectivity index (χ0) is 21.5. The highest BCUT2D eigenvalue weighted by Crippen LogP contribution is 2.31. The molecular weight excluding hydrogens is 404 g/mol. The smallest absolute Gasteiger partial charge is 0.325 e. The molecule has 8 heteroatoms. The van der Waals surface area contributed by atoms with E-state index in [0.717, 1.165) is 30.2 Å². The molecule has 0 amide bonds. The van der Waals surface area contributed by atoms with E-state index in [2.05, 4.69) is 22.2 Å². The van der Waals surface area contributed by atoms with Crippen LogP contribution < -0.4 is 10.9 Å². The van der Waals surface area contributed by atoms with Gasteiger partial charge in [0.2, 0.25) is 5.95 Å². The minimum absolute atomic E-state index is 0.0752. The van der Waals surface area contributed by atoms with E-state index in [0.29, 0.717) is 29.5 Å². The number of hydrogen-bond acceptors (Lipinski definition) is 6. The number of halogens is 1. The second-order valence-corrected chi connectivity index (χ2v) is 7.21. The molecule has 0 spiro atoms.